The Hall–Kier alpha value is -7.54. The number of carbonyl (C=O) groups is 10. The van der Waals surface area contributed by atoms with Gasteiger partial charge in [0.25, 0.3) is 0 Å². The maximum Gasteiger partial charge on any atom is 0.326 e. The van der Waals surface area contributed by atoms with E-state index < -0.39 is 86.4 Å². The number of carbonyl (C=O) groups excluding carboxylic acids is 4. The molecule has 0 aromatic heterocycles. The van der Waals surface area contributed by atoms with Crippen molar-refractivity contribution < 1.29 is 88.8 Å². The Labute approximate surface area is 409 Å². The van der Waals surface area contributed by atoms with Crippen LogP contribution in [0.25, 0.3) is 0 Å². The molecular formula is C46H67N7O18. The van der Waals surface area contributed by atoms with Crippen molar-refractivity contribution in [2.75, 3.05) is 52.4 Å². The van der Waals surface area contributed by atoms with Gasteiger partial charge in [0.2, 0.25) is 17.7 Å². The first-order chi connectivity index (χ1) is 33.6. The summed E-state index contributed by atoms with van der Waals surface area (Å²) in [5.41, 5.74) is 2.26. The van der Waals surface area contributed by atoms with E-state index in [1.807, 2.05) is 10.6 Å². The number of hydrogen-bond donors (Lipinski definition) is 13. The molecule has 0 bridgehead atoms. The largest absolute Gasteiger partial charge is 0.508 e. The standard InChI is InChI=1S/C38H55N5O11.C8H12N2O7/c1-2-3-16-39-33(46)7-5-4-6-17-40-34(47)14-10-27-8-12-31(44)29(20-27)23-42(25-37(51)52)18-19-43(26-38(53)54)24-30-21-28(9-13-32(30)45)11-15-35(48)41-22-36(49)50;11-5(12)2-1-4(7(15)16)10-8(17)9-3-6(13)14/h8-9,12-13,20-21,44-45H,2-7,10-11,14-19,22-26H2,1H3,(H,39,46)(H,40,47)(H,41,48)(H,49,50)(H,51,52)(H,53,54);4H,1-3H2,(H,11,12)(H,13,14)(H,15,16)(H2,9,10,17). The number of rotatable bonds is 35. The summed E-state index contributed by atoms with van der Waals surface area (Å²) in [6.45, 7) is 1.50. The second-order valence-electron chi connectivity index (χ2n) is 16.2. The van der Waals surface area contributed by atoms with E-state index >= 15 is 0 Å². The van der Waals surface area contributed by atoms with E-state index in [2.05, 4.69) is 22.9 Å². The van der Waals surface area contributed by atoms with Crippen molar-refractivity contribution >= 4 is 59.6 Å². The number of aromatic hydroxyl groups is 2. The normalized spacial score (nSPS) is 11.1. The molecule has 71 heavy (non-hydrogen) atoms. The molecule has 0 saturated carbocycles. The molecule has 0 radical (unpaired) electrons. The Morgan fingerprint density at radius 3 is 1.44 bits per heavy atom. The molecule has 13 N–H and O–H groups in total. The van der Waals surface area contributed by atoms with E-state index in [1.54, 1.807) is 29.2 Å². The first kappa shape index (κ1) is 61.5. The topological polar surface area (TPSA) is 399 Å². The molecule has 0 spiro atoms. The Morgan fingerprint density at radius 1 is 0.521 bits per heavy atom. The number of carboxylic acid groups (broad SMARTS) is 6. The van der Waals surface area contributed by atoms with Gasteiger partial charge in [-0.05, 0) is 61.8 Å². The highest BCUT2D eigenvalue weighted by atomic mass is 16.4. The number of aliphatic carboxylic acids is 6. The molecule has 2 aromatic carbocycles. The van der Waals surface area contributed by atoms with Gasteiger partial charge in [-0.15, -0.1) is 0 Å². The molecule has 1 atom stereocenters. The second-order valence-corrected chi connectivity index (χ2v) is 16.2. The summed E-state index contributed by atoms with van der Waals surface area (Å²) in [7, 11) is 0. The van der Waals surface area contributed by atoms with E-state index in [-0.39, 0.29) is 75.2 Å². The van der Waals surface area contributed by atoms with E-state index in [0.29, 0.717) is 42.6 Å². The predicted octanol–water partition coefficient (Wildman–Crippen LogP) is 0.918. The zero-order chi connectivity index (χ0) is 53.3. The van der Waals surface area contributed by atoms with Gasteiger partial charge in [-0.2, -0.15) is 0 Å². The van der Waals surface area contributed by atoms with Crippen molar-refractivity contribution in [1.29, 1.82) is 0 Å². The molecular weight excluding hydrogens is 939 g/mol. The van der Waals surface area contributed by atoms with Gasteiger partial charge in [-0.1, -0.05) is 44.0 Å². The van der Waals surface area contributed by atoms with Crippen LogP contribution in [0.1, 0.15) is 93.4 Å². The lowest BCUT2D eigenvalue weighted by molar-refractivity contribution is -0.141. The zero-order valence-corrected chi connectivity index (χ0v) is 39.7. The summed E-state index contributed by atoms with van der Waals surface area (Å²) >= 11 is 0. The fourth-order valence-electron chi connectivity index (χ4n) is 6.48. The smallest absolute Gasteiger partial charge is 0.326 e. The van der Waals surface area contributed by atoms with Crippen molar-refractivity contribution in [3.05, 3.63) is 58.7 Å². The van der Waals surface area contributed by atoms with Crippen LogP contribution in [-0.2, 0) is 69.1 Å². The van der Waals surface area contributed by atoms with Gasteiger partial charge in [0.1, 0.15) is 30.6 Å². The van der Waals surface area contributed by atoms with Crippen LogP contribution < -0.4 is 26.6 Å². The van der Waals surface area contributed by atoms with Crippen LogP contribution in [0.4, 0.5) is 4.79 Å². The lowest BCUT2D eigenvalue weighted by Crippen LogP contribution is -2.47. The number of nitrogens with zero attached hydrogens (tertiary/aromatic N) is 2. The third kappa shape index (κ3) is 30.5. The molecule has 0 aliphatic heterocycles. The average Bonchev–Trinajstić information content (AvgIpc) is 3.29. The van der Waals surface area contributed by atoms with Gasteiger partial charge in [-0.25, -0.2) is 9.59 Å². The second kappa shape index (κ2) is 34.7. The SMILES string of the molecule is CCCCNC(=O)CCCCCNC(=O)CCc1ccc(O)c(CN(CCN(CC(=O)O)Cc2cc(CCC(=O)NCC(=O)O)ccc2O)CC(=O)O)c1.O=C(O)CCC(NC(=O)NCC(=O)O)C(=O)O. The first-order valence-electron chi connectivity index (χ1n) is 22.8. The quantitative estimate of drug-likeness (QED) is 0.0427. The van der Waals surface area contributed by atoms with Crippen LogP contribution in [0.15, 0.2) is 36.4 Å². The third-order valence-corrected chi connectivity index (χ3v) is 10.1. The Morgan fingerprint density at radius 2 is 0.986 bits per heavy atom. The van der Waals surface area contributed by atoms with Crippen molar-refractivity contribution in [3.8, 4) is 11.5 Å². The fourth-order valence-corrected chi connectivity index (χ4v) is 6.48. The Kier molecular flexibility index (Phi) is 30.0. The van der Waals surface area contributed by atoms with Gasteiger partial charge >= 0.3 is 41.8 Å². The number of aryl methyl sites for hydroxylation is 2. The summed E-state index contributed by atoms with van der Waals surface area (Å²) in [6, 6.07) is 7.20. The molecule has 5 amide bonds. The predicted molar refractivity (Wildman–Crippen MR) is 251 cm³/mol. The van der Waals surface area contributed by atoms with Crippen LogP contribution in [0, 0.1) is 0 Å². The number of phenolic OH excluding ortho intramolecular Hbond substituents is 2. The number of nitrogens with one attached hydrogen (secondary N) is 5. The van der Waals surface area contributed by atoms with Crippen molar-refractivity contribution in [2.45, 2.75) is 103 Å². The van der Waals surface area contributed by atoms with Crippen LogP contribution in [0.3, 0.4) is 0 Å². The highest BCUT2D eigenvalue weighted by molar-refractivity contribution is 5.85. The Bertz CT molecular complexity index is 2100. The molecule has 25 heteroatoms. The van der Waals surface area contributed by atoms with E-state index in [0.717, 1.165) is 37.7 Å². The number of amides is 5. The van der Waals surface area contributed by atoms with E-state index in [9.17, 15) is 68.4 Å². The molecule has 2 rings (SSSR count). The summed E-state index contributed by atoms with van der Waals surface area (Å²) in [5.74, 6) is -7.99. The van der Waals surface area contributed by atoms with Gasteiger partial charge in [0.05, 0.1) is 13.1 Å². The zero-order valence-electron chi connectivity index (χ0n) is 39.7. The molecule has 394 valence electrons. The third-order valence-electron chi connectivity index (χ3n) is 10.1. The van der Waals surface area contributed by atoms with E-state index in [1.165, 1.54) is 17.0 Å². The molecule has 25 nitrogen and oxygen atoms in total. The number of unbranched alkanes of at least 4 members (excludes halogenated alkanes) is 3. The molecule has 1 unspecified atom stereocenters. The summed E-state index contributed by atoms with van der Waals surface area (Å²) < 4.78 is 0. The minimum atomic E-state index is -1.39. The summed E-state index contributed by atoms with van der Waals surface area (Å²) in [6.07, 6.45) is 4.92. The summed E-state index contributed by atoms with van der Waals surface area (Å²) in [4.78, 5) is 115. The van der Waals surface area contributed by atoms with Crippen LogP contribution in [-0.4, -0.2) is 169 Å². The van der Waals surface area contributed by atoms with Crippen molar-refractivity contribution in [2.24, 2.45) is 0 Å². The fraction of sp³-hybridized carbons (Fsp3) is 0.522. The number of hydrogen-bond acceptors (Lipinski definition) is 14. The molecule has 0 heterocycles. The number of urea groups is 1. The molecule has 0 saturated heterocycles. The molecule has 0 aliphatic rings. The van der Waals surface area contributed by atoms with Crippen molar-refractivity contribution in [3.63, 3.8) is 0 Å². The van der Waals surface area contributed by atoms with Crippen LogP contribution in [0.5, 0.6) is 11.5 Å². The lowest BCUT2D eigenvalue weighted by Gasteiger charge is -2.26. The average molecular weight is 1010 g/mol. The molecule has 0 aliphatic carbocycles. The maximum atomic E-state index is 12.5. The minimum Gasteiger partial charge on any atom is -0.508 e. The van der Waals surface area contributed by atoms with Crippen LogP contribution in [0.2, 0.25) is 0 Å². The van der Waals surface area contributed by atoms with Crippen LogP contribution >= 0.6 is 0 Å². The van der Waals surface area contributed by atoms with Gasteiger partial charge < -0.3 is 67.4 Å². The molecule has 2 aromatic rings. The Balaban J connectivity index is 0.00000125. The van der Waals surface area contributed by atoms with Gasteiger partial charge in [0.15, 0.2) is 0 Å². The first-order valence-corrected chi connectivity index (χ1v) is 22.8. The molecule has 0 fully saturated rings. The van der Waals surface area contributed by atoms with Gasteiger partial charge in [-0.3, -0.25) is 48.2 Å². The maximum absolute atomic E-state index is 12.5. The minimum absolute atomic E-state index is 0.00280. The van der Waals surface area contributed by atoms with E-state index in [4.69, 9.17) is 20.4 Å². The highest BCUT2D eigenvalue weighted by Crippen LogP contribution is 2.23. The lowest BCUT2D eigenvalue weighted by atomic mass is 10.0. The monoisotopic (exact) mass is 1010 g/mol. The number of carboxylic acids is 6. The number of benzene rings is 2. The van der Waals surface area contributed by atoms with Gasteiger partial charge in [0, 0.05) is 76.1 Å². The van der Waals surface area contributed by atoms with Crippen molar-refractivity contribution in [1.82, 2.24) is 36.4 Å². The number of phenols is 2. The summed E-state index contributed by atoms with van der Waals surface area (Å²) in [5, 5.41) is 86.2. The highest BCUT2D eigenvalue weighted by Gasteiger charge is 2.22.